The molecular formula is C10H10O3. The fraction of sp³-hybridized carbons (Fsp3) is 0.100. The Kier molecular flexibility index (Phi) is 2.69. The monoisotopic (exact) mass is 178 g/mol. The summed E-state index contributed by atoms with van der Waals surface area (Å²) in [5.74, 6) is -0.580. The van der Waals surface area contributed by atoms with Crippen LogP contribution in [0.25, 0.3) is 0 Å². The zero-order chi connectivity index (χ0) is 9.84. The van der Waals surface area contributed by atoms with Crippen molar-refractivity contribution in [2.24, 2.45) is 0 Å². The van der Waals surface area contributed by atoms with Crippen LogP contribution in [0.5, 0.6) is 11.5 Å². The normalized spacial score (nSPS) is 12.0. The first-order chi connectivity index (χ1) is 6.19. The molecule has 1 aromatic carbocycles. The van der Waals surface area contributed by atoms with Gasteiger partial charge < -0.3 is 15.0 Å². The highest BCUT2D eigenvalue weighted by atomic mass is 16.3. The largest absolute Gasteiger partial charge is 0.508 e. The van der Waals surface area contributed by atoms with E-state index in [1.807, 2.05) is 0 Å². The summed E-state index contributed by atoms with van der Waals surface area (Å²) in [6.45, 7) is 3.46. The van der Waals surface area contributed by atoms with E-state index in [-0.39, 0.29) is 11.5 Å². The van der Waals surface area contributed by atoms with E-state index >= 15 is 0 Å². The highest BCUT2D eigenvalue weighted by molar-refractivity contribution is 5.67. The van der Waals surface area contributed by atoms with Gasteiger partial charge in [0, 0.05) is 5.56 Å². The zero-order valence-electron chi connectivity index (χ0n) is 6.97. The van der Waals surface area contributed by atoms with Gasteiger partial charge in [0.05, 0.1) is 5.92 Å². The zero-order valence-corrected chi connectivity index (χ0v) is 6.97. The summed E-state index contributed by atoms with van der Waals surface area (Å²) in [4.78, 5) is 10.5. The number of carbonyl (C=O) groups excluding carboxylic acids is 1. The Balaban J connectivity index is 3.17. The van der Waals surface area contributed by atoms with Gasteiger partial charge in [-0.25, -0.2) is 0 Å². The number of rotatable bonds is 3. The summed E-state index contributed by atoms with van der Waals surface area (Å²) in [6, 6.07) is 4.03. The molecule has 0 bridgehead atoms. The summed E-state index contributed by atoms with van der Waals surface area (Å²) in [7, 11) is 0. The molecule has 3 nitrogen and oxygen atoms in total. The van der Waals surface area contributed by atoms with Crippen molar-refractivity contribution in [2.75, 3.05) is 0 Å². The first kappa shape index (κ1) is 9.32. The molecule has 3 heteroatoms. The van der Waals surface area contributed by atoms with Gasteiger partial charge in [0.1, 0.15) is 17.8 Å². The molecule has 0 amide bonds. The summed E-state index contributed by atoms with van der Waals surface area (Å²) in [5, 5.41) is 18.5. The minimum atomic E-state index is -0.577. The summed E-state index contributed by atoms with van der Waals surface area (Å²) in [5.41, 5.74) is 0.366. The molecule has 13 heavy (non-hydrogen) atoms. The molecule has 0 spiro atoms. The molecule has 0 radical (unpaired) electrons. The van der Waals surface area contributed by atoms with Crippen molar-refractivity contribution in [2.45, 2.75) is 5.92 Å². The van der Waals surface area contributed by atoms with Crippen molar-refractivity contribution in [1.29, 1.82) is 0 Å². The summed E-state index contributed by atoms with van der Waals surface area (Å²) < 4.78 is 0. The molecular weight excluding hydrogens is 168 g/mol. The van der Waals surface area contributed by atoms with E-state index in [2.05, 4.69) is 6.58 Å². The van der Waals surface area contributed by atoms with Crippen molar-refractivity contribution in [3.63, 3.8) is 0 Å². The van der Waals surface area contributed by atoms with Gasteiger partial charge in [-0.1, -0.05) is 6.08 Å². The van der Waals surface area contributed by atoms with Crippen molar-refractivity contribution >= 4 is 6.29 Å². The molecule has 0 saturated carbocycles. The minimum absolute atomic E-state index is 0.0153. The van der Waals surface area contributed by atoms with Crippen molar-refractivity contribution in [3.8, 4) is 11.5 Å². The maximum absolute atomic E-state index is 10.5. The topological polar surface area (TPSA) is 57.5 Å². The molecule has 0 aliphatic heterocycles. The lowest BCUT2D eigenvalue weighted by atomic mass is 9.99. The van der Waals surface area contributed by atoms with E-state index in [0.717, 1.165) is 0 Å². The van der Waals surface area contributed by atoms with Crippen molar-refractivity contribution < 1.29 is 15.0 Å². The Morgan fingerprint density at radius 2 is 2.08 bits per heavy atom. The number of allylic oxidation sites excluding steroid dienone is 1. The van der Waals surface area contributed by atoms with Crippen molar-refractivity contribution in [3.05, 3.63) is 36.4 Å². The van der Waals surface area contributed by atoms with Gasteiger partial charge in [-0.05, 0) is 18.2 Å². The van der Waals surface area contributed by atoms with Gasteiger partial charge in [0.2, 0.25) is 0 Å². The molecule has 1 atom stereocenters. The number of phenolic OH excluding ortho intramolecular Hbond substituents is 2. The van der Waals surface area contributed by atoms with Crippen LogP contribution >= 0.6 is 0 Å². The standard InChI is InChI=1S/C10H10O3/c1-2-7(6-11)9-5-8(12)3-4-10(9)13/h2-7,12-13H,1H2. The first-order valence-corrected chi connectivity index (χ1v) is 3.78. The highest BCUT2D eigenvalue weighted by Gasteiger charge is 2.11. The van der Waals surface area contributed by atoms with Crippen LogP contribution in [0.3, 0.4) is 0 Å². The van der Waals surface area contributed by atoms with Crippen LogP contribution < -0.4 is 0 Å². The van der Waals surface area contributed by atoms with Crippen LogP contribution in [0.15, 0.2) is 30.9 Å². The minimum Gasteiger partial charge on any atom is -0.508 e. The quantitative estimate of drug-likeness (QED) is 0.419. The van der Waals surface area contributed by atoms with E-state index < -0.39 is 5.92 Å². The van der Waals surface area contributed by atoms with Crippen LogP contribution in [0.2, 0.25) is 0 Å². The van der Waals surface area contributed by atoms with E-state index in [0.29, 0.717) is 11.8 Å². The Morgan fingerprint density at radius 1 is 1.38 bits per heavy atom. The Bertz CT molecular complexity index is 323. The second kappa shape index (κ2) is 3.76. The number of hydrogen-bond donors (Lipinski definition) is 2. The molecule has 0 fully saturated rings. The third-order valence-electron chi connectivity index (χ3n) is 1.77. The van der Waals surface area contributed by atoms with E-state index in [4.69, 9.17) is 5.11 Å². The van der Waals surface area contributed by atoms with Gasteiger partial charge >= 0.3 is 0 Å². The molecule has 1 rings (SSSR count). The van der Waals surface area contributed by atoms with Crippen molar-refractivity contribution in [1.82, 2.24) is 0 Å². The molecule has 0 aliphatic rings. The maximum atomic E-state index is 10.5. The number of carbonyl (C=O) groups is 1. The van der Waals surface area contributed by atoms with E-state index in [9.17, 15) is 9.90 Å². The van der Waals surface area contributed by atoms with Crippen LogP contribution in [0, 0.1) is 0 Å². The lowest BCUT2D eigenvalue weighted by Crippen LogP contribution is -1.95. The van der Waals surface area contributed by atoms with Gasteiger partial charge in [-0.2, -0.15) is 0 Å². The average molecular weight is 178 g/mol. The smallest absolute Gasteiger partial charge is 0.131 e. The fourth-order valence-electron chi connectivity index (χ4n) is 1.06. The predicted molar refractivity (Wildman–Crippen MR) is 48.8 cm³/mol. The molecule has 0 heterocycles. The second-order valence-electron chi connectivity index (χ2n) is 2.64. The third kappa shape index (κ3) is 1.87. The summed E-state index contributed by atoms with van der Waals surface area (Å²) in [6.07, 6.45) is 2.06. The maximum Gasteiger partial charge on any atom is 0.131 e. The molecule has 0 aliphatic carbocycles. The third-order valence-corrected chi connectivity index (χ3v) is 1.77. The number of phenols is 2. The lowest BCUT2D eigenvalue weighted by molar-refractivity contribution is -0.108. The molecule has 0 saturated heterocycles. The molecule has 0 aromatic heterocycles. The number of aldehydes is 1. The fourth-order valence-corrected chi connectivity index (χ4v) is 1.06. The Hall–Kier alpha value is -1.77. The van der Waals surface area contributed by atoms with E-state index in [1.165, 1.54) is 24.3 Å². The Labute approximate surface area is 76.0 Å². The second-order valence-corrected chi connectivity index (χ2v) is 2.64. The number of hydrogen-bond acceptors (Lipinski definition) is 3. The van der Waals surface area contributed by atoms with Gasteiger partial charge in [0.15, 0.2) is 0 Å². The lowest BCUT2D eigenvalue weighted by Gasteiger charge is -2.07. The SMILES string of the molecule is C=CC(C=O)c1cc(O)ccc1O. The van der Waals surface area contributed by atoms with Crippen LogP contribution in [0.4, 0.5) is 0 Å². The van der Waals surface area contributed by atoms with Gasteiger partial charge in [0.25, 0.3) is 0 Å². The Morgan fingerprint density at radius 3 is 2.62 bits per heavy atom. The van der Waals surface area contributed by atoms with Gasteiger partial charge in [-0.15, -0.1) is 6.58 Å². The van der Waals surface area contributed by atoms with Gasteiger partial charge in [-0.3, -0.25) is 0 Å². The number of benzene rings is 1. The van der Waals surface area contributed by atoms with Crippen LogP contribution in [-0.4, -0.2) is 16.5 Å². The first-order valence-electron chi connectivity index (χ1n) is 3.78. The molecule has 1 aromatic rings. The number of aromatic hydroxyl groups is 2. The molecule has 68 valence electrons. The summed E-state index contributed by atoms with van der Waals surface area (Å²) >= 11 is 0. The highest BCUT2D eigenvalue weighted by Crippen LogP contribution is 2.28. The van der Waals surface area contributed by atoms with E-state index in [1.54, 1.807) is 0 Å². The predicted octanol–water partition coefficient (Wildman–Crippen LogP) is 1.57. The van der Waals surface area contributed by atoms with Crippen LogP contribution in [0.1, 0.15) is 11.5 Å². The molecule has 1 unspecified atom stereocenters. The van der Waals surface area contributed by atoms with Crippen LogP contribution in [-0.2, 0) is 4.79 Å². The molecule has 2 N–H and O–H groups in total. The average Bonchev–Trinajstić information content (AvgIpc) is 2.13.